The van der Waals surface area contributed by atoms with E-state index in [2.05, 4.69) is 21.3 Å². The number of benzene rings is 3. The predicted octanol–water partition coefficient (Wildman–Crippen LogP) is 2.13. The number of esters is 1. The van der Waals surface area contributed by atoms with Crippen LogP contribution in [-0.4, -0.2) is 52.9 Å². The summed E-state index contributed by atoms with van der Waals surface area (Å²) >= 11 is 5.34. The number of anilines is 1. The maximum atomic E-state index is 13.2. The van der Waals surface area contributed by atoms with Gasteiger partial charge in [-0.25, -0.2) is 9.59 Å². The Kier molecular flexibility index (Phi) is 7.05. The molecule has 1 spiro atoms. The summed E-state index contributed by atoms with van der Waals surface area (Å²) in [6.07, 6.45) is 0.0990. The smallest absolute Gasteiger partial charge is 0.340 e. The minimum atomic E-state index is -1.35. The molecule has 0 aromatic heterocycles. The Hall–Kier alpha value is -5.04. The molecule has 0 atom stereocenters. The van der Waals surface area contributed by atoms with Gasteiger partial charge >= 0.3 is 12.0 Å². The predicted molar refractivity (Wildman–Crippen MR) is 147 cm³/mol. The number of fused-ring (bicyclic) bond motifs is 6. The monoisotopic (exact) mass is 563 g/mol. The summed E-state index contributed by atoms with van der Waals surface area (Å²) in [6.45, 7) is 0.776. The molecule has 0 saturated heterocycles. The highest BCUT2D eigenvalue weighted by Gasteiger charge is 2.53. The zero-order valence-electron chi connectivity index (χ0n) is 20.9. The molecule has 3 aromatic rings. The second kappa shape index (κ2) is 10.6. The van der Waals surface area contributed by atoms with Crippen LogP contribution in [0.25, 0.3) is 0 Å². The van der Waals surface area contributed by atoms with Gasteiger partial charge in [-0.3, -0.25) is 4.79 Å². The number of rotatable bonds is 7. The first-order chi connectivity index (χ1) is 19.2. The van der Waals surface area contributed by atoms with Crippen LogP contribution in [0.15, 0.2) is 54.6 Å². The number of carbonyl (C=O) groups excluding carboxylic acids is 3. The normalized spacial score (nSPS) is 13.7. The Morgan fingerprint density at radius 1 is 0.850 bits per heavy atom. The quantitative estimate of drug-likeness (QED) is 0.128. The van der Waals surface area contributed by atoms with E-state index in [0.717, 1.165) is 0 Å². The lowest BCUT2D eigenvalue weighted by molar-refractivity contribution is -0.120. The SMILES string of the molecule is NC(=O)NCCC(=O)NCCNC(=S)Nc1ccc2c(c1)C(=O)OC21c2ccc(O)cc2Oc2cc(O)ccc21. The number of primary amides is 1. The number of phenolic OH excluding ortho intramolecular Hbond substituents is 2. The number of phenols is 2. The van der Waals surface area contributed by atoms with Crippen LogP contribution in [0.2, 0.25) is 0 Å². The van der Waals surface area contributed by atoms with Gasteiger partial charge in [0.25, 0.3) is 0 Å². The highest BCUT2D eigenvalue weighted by Crippen LogP contribution is 2.57. The minimum Gasteiger partial charge on any atom is -0.508 e. The van der Waals surface area contributed by atoms with Crippen molar-refractivity contribution in [3.63, 3.8) is 0 Å². The Morgan fingerprint density at radius 2 is 1.48 bits per heavy atom. The van der Waals surface area contributed by atoms with Gasteiger partial charge in [-0.2, -0.15) is 0 Å². The zero-order chi connectivity index (χ0) is 28.4. The molecule has 0 aliphatic carbocycles. The van der Waals surface area contributed by atoms with Gasteiger partial charge in [-0.1, -0.05) is 6.07 Å². The molecule has 0 radical (unpaired) electrons. The number of urea groups is 1. The van der Waals surface area contributed by atoms with E-state index >= 15 is 0 Å². The van der Waals surface area contributed by atoms with Gasteiger partial charge in [0.05, 0.1) is 5.56 Å². The molecule has 2 aliphatic rings. The average molecular weight is 564 g/mol. The van der Waals surface area contributed by atoms with Gasteiger partial charge in [-0.15, -0.1) is 0 Å². The number of nitrogens with one attached hydrogen (secondary N) is 4. The summed E-state index contributed by atoms with van der Waals surface area (Å²) in [5, 5.41) is 31.4. The van der Waals surface area contributed by atoms with Crippen LogP contribution in [0.4, 0.5) is 10.5 Å². The third-order valence-corrected chi connectivity index (χ3v) is 6.66. The van der Waals surface area contributed by atoms with Gasteiger partial charge in [0.15, 0.2) is 10.7 Å². The second-order valence-electron chi connectivity index (χ2n) is 9.07. The summed E-state index contributed by atoms with van der Waals surface area (Å²) in [7, 11) is 0. The standard InChI is InChI=1S/C27H25N5O7S/c28-25(37)30-8-7-23(35)29-9-10-31-26(40)32-14-1-4-18-17(11-14)24(36)39-27(18)19-5-2-15(33)12-21(19)38-22-13-16(34)3-6-20(22)27/h1-6,11-13,33-34H,7-10H2,(H,29,35)(H3,28,30,37)(H2,31,32,40). The number of amides is 3. The third kappa shape index (κ3) is 5.01. The van der Waals surface area contributed by atoms with Gasteiger partial charge in [-0.05, 0) is 48.6 Å². The molecular formula is C27H25N5O7S. The van der Waals surface area contributed by atoms with Gasteiger partial charge < -0.3 is 46.7 Å². The van der Waals surface area contributed by atoms with Crippen LogP contribution < -0.4 is 31.7 Å². The first-order valence-corrected chi connectivity index (χ1v) is 12.7. The molecule has 0 bridgehead atoms. The number of hydrogen-bond acceptors (Lipinski definition) is 8. The van der Waals surface area contributed by atoms with Crippen molar-refractivity contribution in [3.05, 3.63) is 76.9 Å². The molecule has 206 valence electrons. The van der Waals surface area contributed by atoms with Crippen molar-refractivity contribution in [1.29, 1.82) is 0 Å². The van der Waals surface area contributed by atoms with Gasteiger partial charge in [0, 0.05) is 60.6 Å². The number of ether oxygens (including phenoxy) is 2. The summed E-state index contributed by atoms with van der Waals surface area (Å²) in [6, 6.07) is 13.6. The fourth-order valence-electron chi connectivity index (χ4n) is 4.72. The second-order valence-corrected chi connectivity index (χ2v) is 9.47. The van der Waals surface area contributed by atoms with E-state index in [4.69, 9.17) is 27.4 Å². The van der Waals surface area contributed by atoms with Crippen molar-refractivity contribution in [2.75, 3.05) is 25.0 Å². The summed E-state index contributed by atoms with van der Waals surface area (Å²) in [4.78, 5) is 35.6. The average Bonchev–Trinajstić information content (AvgIpc) is 3.18. The van der Waals surface area contributed by atoms with Crippen molar-refractivity contribution in [2.45, 2.75) is 12.0 Å². The molecule has 3 aromatic carbocycles. The van der Waals surface area contributed by atoms with E-state index in [1.165, 1.54) is 24.3 Å². The fraction of sp³-hybridized carbons (Fsp3) is 0.185. The Bertz CT molecular complexity index is 1490. The van der Waals surface area contributed by atoms with E-state index in [0.29, 0.717) is 52.5 Å². The number of thiocarbonyl (C=S) groups is 1. The molecule has 13 heteroatoms. The maximum absolute atomic E-state index is 13.2. The molecule has 5 rings (SSSR count). The van der Waals surface area contributed by atoms with Crippen LogP contribution in [0.3, 0.4) is 0 Å². The first-order valence-electron chi connectivity index (χ1n) is 12.2. The molecule has 40 heavy (non-hydrogen) atoms. The van der Waals surface area contributed by atoms with Crippen molar-refractivity contribution in [3.8, 4) is 23.0 Å². The molecule has 3 amide bonds. The molecule has 0 saturated carbocycles. The topological polar surface area (TPSA) is 184 Å². The Balaban J connectivity index is 1.31. The number of nitrogens with two attached hydrogens (primary N) is 1. The largest absolute Gasteiger partial charge is 0.508 e. The molecule has 12 nitrogen and oxygen atoms in total. The number of carbonyl (C=O) groups is 3. The van der Waals surface area contributed by atoms with Crippen molar-refractivity contribution in [1.82, 2.24) is 16.0 Å². The third-order valence-electron chi connectivity index (χ3n) is 6.42. The molecule has 2 aliphatic heterocycles. The summed E-state index contributed by atoms with van der Waals surface area (Å²) in [5.41, 5.74) is 6.08. The Labute approximate surface area is 233 Å². The number of aromatic hydroxyl groups is 2. The number of hydrogen-bond donors (Lipinski definition) is 7. The maximum Gasteiger partial charge on any atom is 0.340 e. The summed E-state index contributed by atoms with van der Waals surface area (Å²) < 4.78 is 12.0. The van der Waals surface area contributed by atoms with Gasteiger partial charge in [0.1, 0.15) is 23.0 Å². The minimum absolute atomic E-state index is 0.0257. The van der Waals surface area contributed by atoms with E-state index in [1.807, 2.05) is 0 Å². The van der Waals surface area contributed by atoms with E-state index in [1.54, 1.807) is 30.3 Å². The van der Waals surface area contributed by atoms with Crippen molar-refractivity contribution >= 4 is 40.9 Å². The van der Waals surface area contributed by atoms with E-state index < -0.39 is 17.6 Å². The van der Waals surface area contributed by atoms with E-state index in [-0.39, 0.29) is 35.5 Å². The van der Waals surface area contributed by atoms with Crippen LogP contribution in [0.5, 0.6) is 23.0 Å². The van der Waals surface area contributed by atoms with Crippen LogP contribution in [-0.2, 0) is 15.1 Å². The lowest BCUT2D eigenvalue weighted by Crippen LogP contribution is -2.38. The zero-order valence-corrected chi connectivity index (χ0v) is 21.8. The van der Waals surface area contributed by atoms with Crippen molar-refractivity contribution in [2.24, 2.45) is 5.73 Å². The van der Waals surface area contributed by atoms with E-state index in [9.17, 15) is 24.6 Å². The first kappa shape index (κ1) is 26.6. The van der Waals surface area contributed by atoms with Crippen LogP contribution in [0.1, 0.15) is 33.5 Å². The Morgan fingerprint density at radius 3 is 2.12 bits per heavy atom. The molecule has 2 heterocycles. The molecular weight excluding hydrogens is 538 g/mol. The lowest BCUT2D eigenvalue weighted by Gasteiger charge is -2.36. The highest BCUT2D eigenvalue weighted by molar-refractivity contribution is 7.80. The van der Waals surface area contributed by atoms with Gasteiger partial charge in [0.2, 0.25) is 5.91 Å². The van der Waals surface area contributed by atoms with Crippen LogP contribution in [0, 0.1) is 0 Å². The summed E-state index contributed by atoms with van der Waals surface area (Å²) in [5.74, 6) is -0.275. The fourth-order valence-corrected chi connectivity index (χ4v) is 4.94. The molecule has 8 N–H and O–H groups in total. The highest BCUT2D eigenvalue weighted by atomic mass is 32.1. The van der Waals surface area contributed by atoms with Crippen LogP contribution >= 0.6 is 12.2 Å². The van der Waals surface area contributed by atoms with Crippen molar-refractivity contribution < 1.29 is 34.1 Å². The lowest BCUT2D eigenvalue weighted by atomic mass is 9.77. The molecule has 0 fully saturated rings. The molecule has 0 unspecified atom stereocenters.